The zero-order valence-corrected chi connectivity index (χ0v) is 9.11. The Morgan fingerprint density at radius 3 is 3.07 bits per heavy atom. The van der Waals surface area contributed by atoms with Gasteiger partial charge in [0.1, 0.15) is 0 Å². The molecule has 2 aromatic rings. The molecule has 0 aliphatic heterocycles. The SMILES string of the molecule is CCn1cc(C(NN)c2csnn2)cn1. The van der Waals surface area contributed by atoms with Crippen LogP contribution in [0.1, 0.15) is 24.2 Å². The van der Waals surface area contributed by atoms with Crippen molar-refractivity contribution in [2.75, 3.05) is 0 Å². The number of hydrazine groups is 1. The summed E-state index contributed by atoms with van der Waals surface area (Å²) in [6, 6.07) is -0.135. The molecule has 7 heteroatoms. The molecule has 0 bridgehead atoms. The zero-order chi connectivity index (χ0) is 10.7. The summed E-state index contributed by atoms with van der Waals surface area (Å²) in [5.41, 5.74) is 4.52. The molecule has 6 nitrogen and oxygen atoms in total. The van der Waals surface area contributed by atoms with Crippen molar-refractivity contribution < 1.29 is 0 Å². The van der Waals surface area contributed by atoms with Gasteiger partial charge in [-0.3, -0.25) is 10.5 Å². The minimum atomic E-state index is -0.135. The molecular formula is C8H12N6S. The first-order valence-corrected chi connectivity index (χ1v) is 5.44. The molecule has 0 amide bonds. The van der Waals surface area contributed by atoms with Crippen LogP contribution < -0.4 is 11.3 Å². The van der Waals surface area contributed by atoms with Gasteiger partial charge in [-0.2, -0.15) is 5.10 Å². The van der Waals surface area contributed by atoms with E-state index in [0.717, 1.165) is 17.8 Å². The number of rotatable bonds is 4. The van der Waals surface area contributed by atoms with Gasteiger partial charge in [-0.25, -0.2) is 5.43 Å². The summed E-state index contributed by atoms with van der Waals surface area (Å²) >= 11 is 1.31. The van der Waals surface area contributed by atoms with Crippen molar-refractivity contribution in [2.45, 2.75) is 19.5 Å². The van der Waals surface area contributed by atoms with Crippen LogP contribution in [0.3, 0.4) is 0 Å². The molecule has 0 spiro atoms. The Hall–Kier alpha value is -1.31. The predicted molar refractivity (Wildman–Crippen MR) is 57.0 cm³/mol. The summed E-state index contributed by atoms with van der Waals surface area (Å²) in [4.78, 5) is 0. The number of aromatic nitrogens is 4. The number of nitrogens with two attached hydrogens (primary N) is 1. The van der Waals surface area contributed by atoms with Crippen LogP contribution in [0.5, 0.6) is 0 Å². The number of nitrogens with zero attached hydrogens (tertiary/aromatic N) is 4. The fraction of sp³-hybridized carbons (Fsp3) is 0.375. The average Bonchev–Trinajstić information content (AvgIpc) is 2.89. The third-order valence-electron chi connectivity index (χ3n) is 2.15. The molecule has 2 aromatic heterocycles. The van der Waals surface area contributed by atoms with Gasteiger partial charge in [0.25, 0.3) is 0 Å². The fourth-order valence-corrected chi connectivity index (χ4v) is 1.83. The quantitative estimate of drug-likeness (QED) is 0.577. The maximum Gasteiger partial charge on any atom is 0.0984 e. The van der Waals surface area contributed by atoms with Crippen LogP contribution in [0, 0.1) is 0 Å². The van der Waals surface area contributed by atoms with Crippen LogP contribution >= 0.6 is 11.5 Å². The van der Waals surface area contributed by atoms with Gasteiger partial charge in [0.05, 0.1) is 17.9 Å². The molecule has 0 saturated heterocycles. The first kappa shape index (κ1) is 10.2. The average molecular weight is 224 g/mol. The molecule has 1 atom stereocenters. The van der Waals surface area contributed by atoms with E-state index in [1.807, 2.05) is 23.2 Å². The molecule has 0 radical (unpaired) electrons. The van der Waals surface area contributed by atoms with E-state index in [4.69, 9.17) is 5.84 Å². The van der Waals surface area contributed by atoms with Crippen molar-refractivity contribution in [2.24, 2.45) is 5.84 Å². The van der Waals surface area contributed by atoms with E-state index < -0.39 is 0 Å². The van der Waals surface area contributed by atoms with E-state index in [2.05, 4.69) is 20.1 Å². The maximum absolute atomic E-state index is 5.50. The highest BCUT2D eigenvalue weighted by molar-refractivity contribution is 7.03. The molecule has 0 aliphatic rings. The predicted octanol–water partition coefficient (Wildman–Crippen LogP) is 0.307. The highest BCUT2D eigenvalue weighted by Gasteiger charge is 2.16. The molecule has 80 valence electrons. The van der Waals surface area contributed by atoms with E-state index in [0.29, 0.717) is 0 Å². The highest BCUT2D eigenvalue weighted by Crippen LogP contribution is 2.19. The highest BCUT2D eigenvalue weighted by atomic mass is 32.1. The van der Waals surface area contributed by atoms with Crippen molar-refractivity contribution >= 4 is 11.5 Å². The summed E-state index contributed by atoms with van der Waals surface area (Å²) < 4.78 is 5.66. The topological polar surface area (TPSA) is 81.7 Å². The standard InChI is InChI=1S/C8H12N6S/c1-2-14-4-6(3-10-14)8(11-9)7-5-15-13-12-7/h3-5,8,11H,2,9H2,1H3. The van der Waals surface area contributed by atoms with E-state index >= 15 is 0 Å². The Bertz CT molecular complexity index is 408. The number of hydrogen-bond acceptors (Lipinski definition) is 6. The van der Waals surface area contributed by atoms with Gasteiger partial charge in [0.15, 0.2) is 0 Å². The summed E-state index contributed by atoms with van der Waals surface area (Å²) in [6.07, 6.45) is 3.73. The molecular weight excluding hydrogens is 212 g/mol. The lowest BCUT2D eigenvalue weighted by atomic mass is 10.1. The number of hydrogen-bond donors (Lipinski definition) is 2. The summed E-state index contributed by atoms with van der Waals surface area (Å²) in [5, 5.41) is 10.0. The van der Waals surface area contributed by atoms with Crippen LogP contribution in [-0.2, 0) is 6.54 Å². The van der Waals surface area contributed by atoms with E-state index in [-0.39, 0.29) is 6.04 Å². The van der Waals surface area contributed by atoms with Crippen LogP contribution in [0.15, 0.2) is 17.8 Å². The Balaban J connectivity index is 2.27. The van der Waals surface area contributed by atoms with Crippen LogP contribution in [0.2, 0.25) is 0 Å². The second kappa shape index (κ2) is 4.47. The van der Waals surface area contributed by atoms with Gasteiger partial charge in [-0.15, -0.1) is 5.10 Å². The summed E-state index contributed by atoms with van der Waals surface area (Å²) in [5.74, 6) is 5.50. The summed E-state index contributed by atoms with van der Waals surface area (Å²) in [6.45, 7) is 2.87. The minimum absolute atomic E-state index is 0.135. The lowest BCUT2D eigenvalue weighted by Gasteiger charge is -2.09. The Morgan fingerprint density at radius 1 is 1.67 bits per heavy atom. The molecule has 15 heavy (non-hydrogen) atoms. The van der Waals surface area contributed by atoms with Gasteiger partial charge < -0.3 is 0 Å². The monoisotopic (exact) mass is 224 g/mol. The maximum atomic E-state index is 5.50. The van der Waals surface area contributed by atoms with Gasteiger partial charge >= 0.3 is 0 Å². The summed E-state index contributed by atoms with van der Waals surface area (Å²) in [7, 11) is 0. The molecule has 3 N–H and O–H groups in total. The Morgan fingerprint density at radius 2 is 2.53 bits per heavy atom. The fourth-order valence-electron chi connectivity index (χ4n) is 1.35. The molecule has 1 unspecified atom stereocenters. The smallest absolute Gasteiger partial charge is 0.0984 e. The molecule has 0 aromatic carbocycles. The van der Waals surface area contributed by atoms with E-state index in [1.54, 1.807) is 6.20 Å². The first-order chi connectivity index (χ1) is 7.35. The van der Waals surface area contributed by atoms with Crippen molar-refractivity contribution in [1.82, 2.24) is 24.8 Å². The molecule has 0 aliphatic carbocycles. The van der Waals surface area contributed by atoms with Crippen molar-refractivity contribution in [1.29, 1.82) is 0 Å². The number of aryl methyl sites for hydroxylation is 1. The van der Waals surface area contributed by atoms with Gasteiger partial charge in [-0.1, -0.05) is 4.49 Å². The third kappa shape index (κ3) is 2.04. The molecule has 2 rings (SSSR count). The lowest BCUT2D eigenvalue weighted by Crippen LogP contribution is -2.28. The second-order valence-electron chi connectivity index (χ2n) is 3.06. The van der Waals surface area contributed by atoms with Crippen molar-refractivity contribution in [3.63, 3.8) is 0 Å². The Kier molecular flexibility index (Phi) is 3.05. The van der Waals surface area contributed by atoms with Gasteiger partial charge in [0.2, 0.25) is 0 Å². The van der Waals surface area contributed by atoms with Crippen LogP contribution in [-0.4, -0.2) is 19.4 Å². The first-order valence-electron chi connectivity index (χ1n) is 4.60. The molecule has 0 saturated carbocycles. The zero-order valence-electron chi connectivity index (χ0n) is 8.29. The third-order valence-corrected chi connectivity index (χ3v) is 2.67. The van der Waals surface area contributed by atoms with E-state index in [1.165, 1.54) is 11.5 Å². The number of nitrogens with one attached hydrogen (secondary N) is 1. The van der Waals surface area contributed by atoms with Crippen LogP contribution in [0.4, 0.5) is 0 Å². The second-order valence-corrected chi connectivity index (χ2v) is 3.67. The Labute approximate surface area is 91.2 Å². The van der Waals surface area contributed by atoms with Gasteiger partial charge in [-0.05, 0) is 18.5 Å². The van der Waals surface area contributed by atoms with E-state index in [9.17, 15) is 0 Å². The lowest BCUT2D eigenvalue weighted by molar-refractivity contribution is 0.614. The minimum Gasteiger partial charge on any atom is -0.273 e. The van der Waals surface area contributed by atoms with Gasteiger partial charge in [0, 0.05) is 23.7 Å². The molecule has 2 heterocycles. The van der Waals surface area contributed by atoms with Crippen molar-refractivity contribution in [3.05, 3.63) is 29.0 Å². The largest absolute Gasteiger partial charge is 0.273 e. The molecule has 0 fully saturated rings. The van der Waals surface area contributed by atoms with Crippen LogP contribution in [0.25, 0.3) is 0 Å². The van der Waals surface area contributed by atoms with Crippen molar-refractivity contribution in [3.8, 4) is 0 Å². The normalized spacial score (nSPS) is 12.9.